The smallest absolute Gasteiger partial charge is 0.200 e. The maximum Gasteiger partial charge on any atom is 0.200 e. The van der Waals surface area contributed by atoms with Crippen LogP contribution < -0.4 is 0 Å². The molecule has 0 radical (unpaired) electrons. The summed E-state index contributed by atoms with van der Waals surface area (Å²) >= 11 is 18.0. The van der Waals surface area contributed by atoms with Crippen LogP contribution in [0, 0.1) is 29.1 Å². The van der Waals surface area contributed by atoms with E-state index >= 15 is 0 Å². The summed E-state index contributed by atoms with van der Waals surface area (Å²) in [7, 11) is 0. The molecule has 0 nitrogen and oxygen atoms in total. The molecule has 0 aliphatic heterocycles. The van der Waals surface area contributed by atoms with Gasteiger partial charge in [0, 0.05) is 5.56 Å². The van der Waals surface area contributed by atoms with Crippen molar-refractivity contribution in [2.75, 3.05) is 0 Å². The van der Waals surface area contributed by atoms with Crippen LogP contribution in [-0.2, 0) is 0 Å². The van der Waals surface area contributed by atoms with Crippen molar-refractivity contribution in [3.05, 3.63) is 55.0 Å². The molecule has 0 bridgehead atoms. The Morgan fingerprint density at radius 3 is 1.70 bits per heavy atom. The van der Waals surface area contributed by atoms with Crippen molar-refractivity contribution in [1.29, 1.82) is 0 Å². The van der Waals surface area contributed by atoms with Crippen molar-refractivity contribution in [2.24, 2.45) is 0 Å². The molecule has 0 aliphatic rings. The van der Waals surface area contributed by atoms with Gasteiger partial charge in [-0.1, -0.05) is 23.2 Å². The molecule has 0 saturated heterocycles. The summed E-state index contributed by atoms with van der Waals surface area (Å²) in [5.41, 5.74) is -1.20. The molecule has 1 aromatic carbocycles. The highest BCUT2D eigenvalue weighted by molar-refractivity contribution is 7.20. The lowest BCUT2D eigenvalue weighted by Crippen LogP contribution is -2.09. The van der Waals surface area contributed by atoms with Crippen LogP contribution in [0.4, 0.5) is 22.0 Å². The van der Waals surface area contributed by atoms with Gasteiger partial charge >= 0.3 is 0 Å². The van der Waals surface area contributed by atoms with Crippen LogP contribution in [0.1, 0.15) is 16.5 Å². The lowest BCUT2D eigenvalue weighted by atomic mass is 10.0. The summed E-state index contributed by atoms with van der Waals surface area (Å²) in [6.07, 6.45) is 0. The second-order valence-corrected chi connectivity index (χ2v) is 6.35. The minimum Gasteiger partial charge on any atom is -0.203 e. The predicted octanol–water partition coefficient (Wildman–Crippen LogP) is 6.08. The summed E-state index contributed by atoms with van der Waals surface area (Å²) in [6.45, 7) is 0. The van der Waals surface area contributed by atoms with Crippen molar-refractivity contribution in [3.8, 4) is 0 Å². The normalized spacial score (nSPS) is 12.8. The fourth-order valence-corrected chi connectivity index (χ4v) is 3.54. The van der Waals surface area contributed by atoms with Crippen LogP contribution in [0.3, 0.4) is 0 Å². The number of alkyl halides is 1. The van der Waals surface area contributed by atoms with Crippen molar-refractivity contribution in [2.45, 2.75) is 5.38 Å². The maximum absolute atomic E-state index is 13.6. The summed E-state index contributed by atoms with van der Waals surface area (Å²) in [4.78, 5) is 0. The number of rotatable bonds is 2. The Hall–Kier alpha value is -0.560. The van der Waals surface area contributed by atoms with Gasteiger partial charge in [-0.25, -0.2) is 22.0 Å². The zero-order valence-electron chi connectivity index (χ0n) is 9.09. The molecule has 20 heavy (non-hydrogen) atoms. The van der Waals surface area contributed by atoms with E-state index in [9.17, 15) is 22.0 Å². The quantitative estimate of drug-likeness (QED) is 0.261. The monoisotopic (exact) mass is 366 g/mol. The molecule has 108 valence electrons. The van der Waals surface area contributed by atoms with Gasteiger partial charge in [0.1, 0.15) is 0 Å². The zero-order chi connectivity index (χ0) is 15.2. The Balaban J connectivity index is 2.67. The predicted molar refractivity (Wildman–Crippen MR) is 68.3 cm³/mol. The Kier molecular flexibility index (Phi) is 4.49. The Labute approximate surface area is 128 Å². The van der Waals surface area contributed by atoms with E-state index in [1.54, 1.807) is 0 Å². The minimum atomic E-state index is -2.25. The Morgan fingerprint density at radius 1 is 0.850 bits per heavy atom. The molecule has 2 aromatic rings. The molecule has 0 N–H and O–H groups in total. The maximum atomic E-state index is 13.6. The second-order valence-electron chi connectivity index (χ2n) is 3.63. The van der Waals surface area contributed by atoms with Gasteiger partial charge in [-0.3, -0.25) is 0 Å². The first-order valence-corrected chi connectivity index (χ1v) is 6.86. The van der Waals surface area contributed by atoms with Crippen molar-refractivity contribution in [3.63, 3.8) is 0 Å². The van der Waals surface area contributed by atoms with E-state index in [0.29, 0.717) is 0 Å². The van der Waals surface area contributed by atoms with Crippen LogP contribution in [0.25, 0.3) is 0 Å². The van der Waals surface area contributed by atoms with Crippen molar-refractivity contribution in [1.82, 2.24) is 0 Å². The van der Waals surface area contributed by atoms with E-state index in [0.717, 1.165) is 11.3 Å². The van der Waals surface area contributed by atoms with E-state index < -0.39 is 40.0 Å². The zero-order valence-corrected chi connectivity index (χ0v) is 12.2. The molecule has 0 spiro atoms. The molecule has 1 unspecified atom stereocenters. The molecule has 1 atom stereocenters. The molecule has 2 rings (SSSR count). The highest BCUT2D eigenvalue weighted by Gasteiger charge is 2.31. The van der Waals surface area contributed by atoms with Crippen molar-refractivity contribution < 1.29 is 22.0 Å². The average Bonchev–Trinajstić information content (AvgIpc) is 2.73. The first-order valence-electron chi connectivity index (χ1n) is 4.85. The first kappa shape index (κ1) is 15.8. The van der Waals surface area contributed by atoms with Crippen LogP contribution in [0.2, 0.25) is 8.67 Å². The fourth-order valence-electron chi connectivity index (χ4n) is 1.53. The van der Waals surface area contributed by atoms with Crippen LogP contribution in [0.15, 0.2) is 6.07 Å². The number of thiophene rings is 1. The molecule has 0 fully saturated rings. The van der Waals surface area contributed by atoms with Crippen molar-refractivity contribution >= 4 is 46.1 Å². The van der Waals surface area contributed by atoms with Gasteiger partial charge in [-0.2, -0.15) is 0 Å². The van der Waals surface area contributed by atoms with E-state index in [1.165, 1.54) is 6.07 Å². The summed E-state index contributed by atoms with van der Waals surface area (Å²) < 4.78 is 66.5. The third kappa shape index (κ3) is 2.50. The van der Waals surface area contributed by atoms with Gasteiger partial charge in [0.2, 0.25) is 5.82 Å². The van der Waals surface area contributed by atoms with E-state index in [1.807, 2.05) is 0 Å². The Morgan fingerprint density at radius 2 is 1.30 bits per heavy atom. The highest BCUT2D eigenvalue weighted by atomic mass is 35.5. The number of halogens is 8. The standard InChI is InChI=1S/C11H2Cl3F5S/c12-3-1-2(11(14)20-3)5(13)4-6(15)8(17)10(19)9(18)7(4)16/h1,5H. The molecule has 1 heterocycles. The van der Waals surface area contributed by atoms with Crippen LogP contribution in [0.5, 0.6) is 0 Å². The van der Waals surface area contributed by atoms with Gasteiger partial charge < -0.3 is 0 Å². The van der Waals surface area contributed by atoms with Crippen LogP contribution in [-0.4, -0.2) is 0 Å². The van der Waals surface area contributed by atoms with Crippen LogP contribution >= 0.6 is 46.1 Å². The summed E-state index contributed by atoms with van der Waals surface area (Å²) in [5, 5.41) is -1.66. The number of hydrogen-bond acceptors (Lipinski definition) is 1. The third-order valence-electron chi connectivity index (χ3n) is 2.45. The lowest BCUT2D eigenvalue weighted by Gasteiger charge is -2.13. The second kappa shape index (κ2) is 5.67. The summed E-state index contributed by atoms with van der Waals surface area (Å²) in [6, 6.07) is 1.20. The highest BCUT2D eigenvalue weighted by Crippen LogP contribution is 2.42. The molecule has 0 aliphatic carbocycles. The van der Waals surface area contributed by atoms with Gasteiger partial charge in [0.05, 0.1) is 19.6 Å². The first-order chi connectivity index (χ1) is 9.25. The molecule has 1 aromatic heterocycles. The third-order valence-corrected chi connectivity index (χ3v) is 4.42. The molecular formula is C11H2Cl3F5S. The fraction of sp³-hybridized carbons (Fsp3) is 0.0909. The van der Waals surface area contributed by atoms with E-state index in [2.05, 4.69) is 0 Å². The van der Waals surface area contributed by atoms with Gasteiger partial charge in [-0.05, 0) is 6.07 Å². The Bertz CT molecular complexity index is 656. The minimum absolute atomic E-state index is 0.000980. The SMILES string of the molecule is Fc1c(F)c(F)c(C(Cl)c2cc(Cl)sc2Cl)c(F)c1F. The number of benzene rings is 1. The topological polar surface area (TPSA) is 0 Å². The molecular weight excluding hydrogens is 366 g/mol. The summed E-state index contributed by atoms with van der Waals surface area (Å²) in [5.74, 6) is -10.4. The number of hydrogen-bond donors (Lipinski definition) is 0. The van der Waals surface area contributed by atoms with Gasteiger partial charge in [-0.15, -0.1) is 22.9 Å². The largest absolute Gasteiger partial charge is 0.203 e. The average molecular weight is 368 g/mol. The van der Waals surface area contributed by atoms with Gasteiger partial charge in [0.25, 0.3) is 0 Å². The molecule has 9 heteroatoms. The lowest BCUT2D eigenvalue weighted by molar-refractivity contribution is 0.371. The van der Waals surface area contributed by atoms with E-state index in [4.69, 9.17) is 34.8 Å². The molecule has 0 amide bonds. The van der Waals surface area contributed by atoms with Gasteiger partial charge in [0.15, 0.2) is 23.3 Å². The van der Waals surface area contributed by atoms with E-state index in [-0.39, 0.29) is 14.2 Å². The molecule has 0 saturated carbocycles.